The van der Waals surface area contributed by atoms with E-state index in [1.807, 2.05) is 6.07 Å². The van der Waals surface area contributed by atoms with Crippen molar-refractivity contribution in [1.29, 1.82) is 5.26 Å². The molecule has 7 heteroatoms. The minimum absolute atomic E-state index is 0.211. The molecule has 22 heavy (non-hydrogen) atoms. The van der Waals surface area contributed by atoms with Crippen LogP contribution in [-0.2, 0) is 10.0 Å². The lowest BCUT2D eigenvalue weighted by molar-refractivity contribution is 0.145. The van der Waals surface area contributed by atoms with Crippen LogP contribution in [0, 0.1) is 11.3 Å². The summed E-state index contributed by atoms with van der Waals surface area (Å²) >= 11 is 0. The van der Waals surface area contributed by atoms with E-state index in [0.717, 1.165) is 32.6 Å². The second-order valence-corrected chi connectivity index (χ2v) is 7.66. The third kappa shape index (κ3) is 3.01. The van der Waals surface area contributed by atoms with E-state index in [0.29, 0.717) is 24.7 Å². The topological polar surface area (TPSA) is 76.4 Å². The summed E-state index contributed by atoms with van der Waals surface area (Å²) in [5.74, 6) is 0. The molecule has 0 amide bonds. The second-order valence-electron chi connectivity index (χ2n) is 5.73. The van der Waals surface area contributed by atoms with Gasteiger partial charge in [0.2, 0.25) is 10.0 Å². The van der Waals surface area contributed by atoms with Crippen molar-refractivity contribution in [2.75, 3.05) is 39.3 Å². The Bertz CT molecular complexity index is 669. The zero-order valence-corrected chi connectivity index (χ0v) is 13.2. The van der Waals surface area contributed by atoms with Gasteiger partial charge in [-0.15, -0.1) is 0 Å². The van der Waals surface area contributed by atoms with Gasteiger partial charge in [-0.25, -0.2) is 8.42 Å². The van der Waals surface area contributed by atoms with Gasteiger partial charge in [-0.2, -0.15) is 9.57 Å². The van der Waals surface area contributed by atoms with Crippen LogP contribution in [0.25, 0.3) is 0 Å². The van der Waals surface area contributed by atoms with Crippen molar-refractivity contribution in [3.05, 3.63) is 29.8 Å². The monoisotopic (exact) mass is 320 g/mol. The van der Waals surface area contributed by atoms with Crippen LogP contribution < -0.4 is 5.32 Å². The highest BCUT2D eigenvalue weighted by Gasteiger charge is 2.31. The number of piperazine rings is 1. The number of nitrogens with one attached hydrogen (secondary N) is 1. The zero-order valence-electron chi connectivity index (χ0n) is 12.4. The van der Waals surface area contributed by atoms with Crippen molar-refractivity contribution < 1.29 is 8.42 Å². The van der Waals surface area contributed by atoms with E-state index >= 15 is 0 Å². The third-order valence-corrected chi connectivity index (χ3v) is 6.32. The van der Waals surface area contributed by atoms with E-state index in [4.69, 9.17) is 5.26 Å². The normalized spacial score (nSPS) is 24.2. The summed E-state index contributed by atoms with van der Waals surface area (Å²) in [7, 11) is -3.50. The Balaban J connectivity index is 1.70. The van der Waals surface area contributed by atoms with Crippen LogP contribution in [0.3, 0.4) is 0 Å². The Morgan fingerprint density at radius 3 is 2.64 bits per heavy atom. The molecule has 2 heterocycles. The largest absolute Gasteiger partial charge is 0.315 e. The van der Waals surface area contributed by atoms with Gasteiger partial charge in [0.1, 0.15) is 0 Å². The maximum absolute atomic E-state index is 12.7. The highest BCUT2D eigenvalue weighted by molar-refractivity contribution is 7.89. The molecule has 1 aromatic carbocycles. The van der Waals surface area contributed by atoms with Crippen molar-refractivity contribution >= 4 is 10.0 Å². The van der Waals surface area contributed by atoms with Crippen LogP contribution in [0.5, 0.6) is 0 Å². The quantitative estimate of drug-likeness (QED) is 0.862. The molecule has 1 aromatic rings. The maximum atomic E-state index is 12.7. The number of benzene rings is 1. The van der Waals surface area contributed by atoms with E-state index < -0.39 is 10.0 Å². The molecule has 2 saturated heterocycles. The number of hydrogen-bond donors (Lipinski definition) is 1. The molecular weight excluding hydrogens is 300 g/mol. The smallest absolute Gasteiger partial charge is 0.243 e. The number of nitriles is 1. The van der Waals surface area contributed by atoms with Gasteiger partial charge in [0.05, 0.1) is 16.5 Å². The van der Waals surface area contributed by atoms with Gasteiger partial charge in [0, 0.05) is 38.8 Å². The van der Waals surface area contributed by atoms with Crippen LogP contribution in [0.15, 0.2) is 29.2 Å². The Morgan fingerprint density at radius 1 is 1.23 bits per heavy atom. The fraction of sp³-hybridized carbons (Fsp3) is 0.533. The molecule has 0 radical (unpaired) electrons. The number of rotatable bonds is 3. The molecule has 1 N–H and O–H groups in total. The number of nitrogens with zero attached hydrogens (tertiary/aromatic N) is 3. The molecule has 2 fully saturated rings. The molecule has 6 nitrogen and oxygen atoms in total. The zero-order chi connectivity index (χ0) is 15.6. The highest BCUT2D eigenvalue weighted by atomic mass is 32.2. The Kier molecular flexibility index (Phi) is 4.45. The van der Waals surface area contributed by atoms with Crippen molar-refractivity contribution in [1.82, 2.24) is 14.5 Å². The molecule has 2 aliphatic rings. The number of hydrogen-bond acceptors (Lipinski definition) is 5. The minimum atomic E-state index is -3.50. The Labute approximate surface area is 131 Å². The summed E-state index contributed by atoms with van der Waals surface area (Å²) in [5.41, 5.74) is 0.372. The molecule has 1 unspecified atom stereocenters. The summed E-state index contributed by atoms with van der Waals surface area (Å²) in [6.45, 7) is 4.60. The molecule has 2 aliphatic heterocycles. The van der Waals surface area contributed by atoms with E-state index in [1.54, 1.807) is 18.2 Å². The first-order valence-corrected chi connectivity index (χ1v) is 9.00. The summed E-state index contributed by atoms with van der Waals surface area (Å²) < 4.78 is 26.9. The SMILES string of the molecule is N#Cc1cccc(S(=O)(=O)N2CCN(C3CCNC3)CC2)c1. The highest BCUT2D eigenvalue weighted by Crippen LogP contribution is 2.20. The molecule has 0 spiro atoms. The van der Waals surface area contributed by atoms with Crippen LogP contribution in [0.4, 0.5) is 0 Å². The lowest BCUT2D eigenvalue weighted by atomic mass is 10.2. The van der Waals surface area contributed by atoms with Crippen molar-refractivity contribution in [2.24, 2.45) is 0 Å². The van der Waals surface area contributed by atoms with Crippen molar-refractivity contribution in [2.45, 2.75) is 17.4 Å². The van der Waals surface area contributed by atoms with E-state index in [2.05, 4.69) is 10.2 Å². The number of sulfonamides is 1. The van der Waals surface area contributed by atoms with Gasteiger partial charge in [0.15, 0.2) is 0 Å². The van der Waals surface area contributed by atoms with Crippen LogP contribution >= 0.6 is 0 Å². The molecular formula is C15H20N4O2S. The van der Waals surface area contributed by atoms with Gasteiger partial charge in [-0.05, 0) is 31.2 Å². The van der Waals surface area contributed by atoms with Crippen LogP contribution in [0.2, 0.25) is 0 Å². The summed E-state index contributed by atoms with van der Waals surface area (Å²) in [4.78, 5) is 2.58. The molecule has 1 atom stereocenters. The van der Waals surface area contributed by atoms with E-state index in [-0.39, 0.29) is 4.90 Å². The summed E-state index contributed by atoms with van der Waals surface area (Å²) in [6.07, 6.45) is 1.14. The van der Waals surface area contributed by atoms with Gasteiger partial charge < -0.3 is 5.32 Å². The average molecular weight is 320 g/mol. The summed E-state index contributed by atoms with van der Waals surface area (Å²) in [5, 5.41) is 12.3. The lowest BCUT2D eigenvalue weighted by Gasteiger charge is -2.37. The minimum Gasteiger partial charge on any atom is -0.315 e. The first-order valence-electron chi connectivity index (χ1n) is 7.56. The fourth-order valence-electron chi connectivity index (χ4n) is 3.14. The first kappa shape index (κ1) is 15.4. The third-order valence-electron chi connectivity index (χ3n) is 4.42. The molecule has 0 saturated carbocycles. The standard InChI is InChI=1S/C15H20N4O2S/c16-11-13-2-1-3-15(10-13)22(20,21)19-8-6-18(7-9-19)14-4-5-17-12-14/h1-3,10,14,17H,4-9,12H2. The van der Waals surface area contributed by atoms with Crippen molar-refractivity contribution in [3.63, 3.8) is 0 Å². The molecule has 0 bridgehead atoms. The van der Waals surface area contributed by atoms with E-state index in [9.17, 15) is 8.42 Å². The van der Waals surface area contributed by atoms with Crippen LogP contribution in [0.1, 0.15) is 12.0 Å². The Morgan fingerprint density at radius 2 is 2.00 bits per heavy atom. The average Bonchev–Trinajstić information content (AvgIpc) is 3.09. The van der Waals surface area contributed by atoms with Gasteiger partial charge >= 0.3 is 0 Å². The first-order chi connectivity index (χ1) is 10.6. The van der Waals surface area contributed by atoms with Crippen LogP contribution in [-0.4, -0.2) is 62.9 Å². The van der Waals surface area contributed by atoms with Gasteiger partial charge in [-0.3, -0.25) is 4.90 Å². The predicted octanol–water partition coefficient (Wildman–Crippen LogP) is 0.226. The fourth-order valence-corrected chi connectivity index (χ4v) is 4.60. The van der Waals surface area contributed by atoms with Crippen molar-refractivity contribution in [3.8, 4) is 6.07 Å². The second kappa shape index (κ2) is 6.34. The van der Waals surface area contributed by atoms with Gasteiger partial charge in [-0.1, -0.05) is 6.07 Å². The molecule has 0 aliphatic carbocycles. The lowest BCUT2D eigenvalue weighted by Crippen LogP contribution is -2.52. The molecule has 118 valence electrons. The molecule has 0 aromatic heterocycles. The summed E-state index contributed by atoms with van der Waals surface area (Å²) in [6, 6.07) is 8.76. The maximum Gasteiger partial charge on any atom is 0.243 e. The Hall–Kier alpha value is -1.46. The predicted molar refractivity (Wildman–Crippen MR) is 82.8 cm³/mol. The van der Waals surface area contributed by atoms with E-state index in [1.165, 1.54) is 10.4 Å². The van der Waals surface area contributed by atoms with Gasteiger partial charge in [0.25, 0.3) is 0 Å². The molecule has 3 rings (SSSR count).